The molecule has 17 heavy (non-hydrogen) atoms. The number of carboxylic acids is 1. The van der Waals surface area contributed by atoms with Gasteiger partial charge in [0.25, 0.3) is 0 Å². The molecule has 0 atom stereocenters. The molecule has 0 radical (unpaired) electrons. The fraction of sp³-hybridized carbons (Fsp3) is 0.308. The first-order valence-corrected chi connectivity index (χ1v) is 5.53. The molecule has 0 fully saturated rings. The quantitative estimate of drug-likeness (QED) is 0.831. The van der Waals surface area contributed by atoms with E-state index >= 15 is 0 Å². The molecule has 0 aromatic heterocycles. The van der Waals surface area contributed by atoms with E-state index in [0.29, 0.717) is 12.1 Å². The Kier molecular flexibility index (Phi) is 3.44. The van der Waals surface area contributed by atoms with Crippen LogP contribution in [0.1, 0.15) is 12.0 Å². The molecule has 0 aliphatic carbocycles. The summed E-state index contributed by atoms with van der Waals surface area (Å²) in [4.78, 5) is 11.1. The van der Waals surface area contributed by atoms with Crippen molar-refractivity contribution in [2.24, 2.45) is 0 Å². The van der Waals surface area contributed by atoms with Gasteiger partial charge in [-0.25, -0.2) is 4.79 Å². The minimum atomic E-state index is -0.844. The topological polar surface area (TPSA) is 58.6 Å². The SMILES string of the molecule is COc1ccc(C2=C(C(=O)O)CNCC2)cc1. The van der Waals surface area contributed by atoms with Gasteiger partial charge in [0.15, 0.2) is 0 Å². The Labute approximate surface area is 99.9 Å². The molecule has 1 aliphatic rings. The molecule has 1 aliphatic heterocycles. The first-order valence-electron chi connectivity index (χ1n) is 5.53. The zero-order valence-corrected chi connectivity index (χ0v) is 9.69. The third-order valence-corrected chi connectivity index (χ3v) is 2.91. The maximum absolute atomic E-state index is 11.1. The lowest BCUT2D eigenvalue weighted by Gasteiger charge is -2.19. The highest BCUT2D eigenvalue weighted by Gasteiger charge is 2.19. The van der Waals surface area contributed by atoms with Crippen molar-refractivity contribution in [2.45, 2.75) is 6.42 Å². The molecule has 4 nitrogen and oxygen atoms in total. The summed E-state index contributed by atoms with van der Waals surface area (Å²) in [6.07, 6.45) is 0.744. The van der Waals surface area contributed by atoms with Crippen LogP contribution in [0.15, 0.2) is 29.8 Å². The van der Waals surface area contributed by atoms with E-state index in [9.17, 15) is 4.79 Å². The summed E-state index contributed by atoms with van der Waals surface area (Å²) >= 11 is 0. The maximum atomic E-state index is 11.1. The van der Waals surface area contributed by atoms with E-state index in [0.717, 1.165) is 29.9 Å². The molecule has 90 valence electrons. The highest BCUT2D eigenvalue weighted by atomic mass is 16.5. The van der Waals surface area contributed by atoms with Crippen LogP contribution in [0.3, 0.4) is 0 Å². The van der Waals surface area contributed by atoms with E-state index in [-0.39, 0.29) is 0 Å². The highest BCUT2D eigenvalue weighted by Crippen LogP contribution is 2.26. The number of hydrogen-bond donors (Lipinski definition) is 2. The molecule has 0 saturated heterocycles. The van der Waals surface area contributed by atoms with Crippen molar-refractivity contribution in [2.75, 3.05) is 20.2 Å². The van der Waals surface area contributed by atoms with E-state index in [1.807, 2.05) is 24.3 Å². The van der Waals surface area contributed by atoms with Crippen molar-refractivity contribution in [3.05, 3.63) is 35.4 Å². The Morgan fingerprint density at radius 1 is 1.35 bits per heavy atom. The number of hydrogen-bond acceptors (Lipinski definition) is 3. The summed E-state index contributed by atoms with van der Waals surface area (Å²) in [6, 6.07) is 7.51. The summed E-state index contributed by atoms with van der Waals surface area (Å²) in [7, 11) is 1.61. The van der Waals surface area contributed by atoms with Crippen LogP contribution in [0, 0.1) is 0 Å². The largest absolute Gasteiger partial charge is 0.497 e. The normalized spacial score (nSPS) is 15.8. The van der Waals surface area contributed by atoms with E-state index < -0.39 is 5.97 Å². The van der Waals surface area contributed by atoms with Crippen LogP contribution in [0.4, 0.5) is 0 Å². The first kappa shape index (κ1) is 11.7. The third kappa shape index (κ3) is 2.47. The molecule has 2 rings (SSSR count). The third-order valence-electron chi connectivity index (χ3n) is 2.91. The molecule has 1 heterocycles. The predicted octanol–water partition coefficient (Wildman–Crippen LogP) is 1.53. The predicted molar refractivity (Wildman–Crippen MR) is 65.0 cm³/mol. The van der Waals surface area contributed by atoms with Crippen molar-refractivity contribution in [3.63, 3.8) is 0 Å². The van der Waals surface area contributed by atoms with Gasteiger partial charge >= 0.3 is 5.97 Å². The van der Waals surface area contributed by atoms with Gasteiger partial charge in [0.1, 0.15) is 5.75 Å². The fourth-order valence-corrected chi connectivity index (χ4v) is 2.00. The number of carbonyl (C=O) groups is 1. The molecule has 1 aromatic carbocycles. The molecular weight excluding hydrogens is 218 g/mol. The summed E-state index contributed by atoms with van der Waals surface area (Å²) < 4.78 is 5.09. The summed E-state index contributed by atoms with van der Waals surface area (Å²) in [5.74, 6) is -0.0665. The molecule has 0 spiro atoms. The van der Waals surface area contributed by atoms with Gasteiger partial charge in [-0.05, 0) is 36.2 Å². The van der Waals surface area contributed by atoms with Crippen LogP contribution < -0.4 is 10.1 Å². The molecule has 0 amide bonds. The van der Waals surface area contributed by atoms with Gasteiger partial charge in [0.2, 0.25) is 0 Å². The van der Waals surface area contributed by atoms with Gasteiger partial charge in [-0.1, -0.05) is 12.1 Å². The second-order valence-corrected chi connectivity index (χ2v) is 3.92. The van der Waals surface area contributed by atoms with E-state index in [1.54, 1.807) is 7.11 Å². The number of aliphatic carboxylic acids is 1. The number of methoxy groups -OCH3 is 1. The number of ether oxygens (including phenoxy) is 1. The Balaban J connectivity index is 2.38. The second-order valence-electron chi connectivity index (χ2n) is 3.92. The summed E-state index contributed by atoms with van der Waals surface area (Å²) in [5, 5.41) is 12.2. The second kappa shape index (κ2) is 5.01. The van der Waals surface area contributed by atoms with Gasteiger partial charge in [0.05, 0.1) is 12.7 Å². The molecule has 4 heteroatoms. The molecular formula is C13H15NO3. The number of rotatable bonds is 3. The molecule has 2 N–H and O–H groups in total. The highest BCUT2D eigenvalue weighted by molar-refractivity contribution is 5.97. The standard InChI is InChI=1S/C13H15NO3/c1-17-10-4-2-9(3-5-10)11-6-7-14-8-12(11)13(15)16/h2-5,14H,6-8H2,1H3,(H,15,16). The minimum absolute atomic E-state index is 0.427. The number of carboxylic acid groups (broad SMARTS) is 1. The van der Waals surface area contributed by atoms with Crippen molar-refractivity contribution in [1.29, 1.82) is 0 Å². The van der Waals surface area contributed by atoms with E-state index in [1.165, 1.54) is 0 Å². The Hall–Kier alpha value is -1.81. The Bertz CT molecular complexity index is 448. The average molecular weight is 233 g/mol. The van der Waals surface area contributed by atoms with E-state index in [2.05, 4.69) is 5.32 Å². The molecule has 0 saturated carbocycles. The number of nitrogens with one attached hydrogen (secondary N) is 1. The van der Waals surface area contributed by atoms with Crippen LogP contribution >= 0.6 is 0 Å². The monoisotopic (exact) mass is 233 g/mol. The van der Waals surface area contributed by atoms with Gasteiger partial charge in [-0.2, -0.15) is 0 Å². The average Bonchev–Trinajstić information content (AvgIpc) is 2.39. The van der Waals surface area contributed by atoms with Gasteiger partial charge in [-0.3, -0.25) is 0 Å². The number of benzene rings is 1. The smallest absolute Gasteiger partial charge is 0.333 e. The van der Waals surface area contributed by atoms with Crippen LogP contribution in [-0.2, 0) is 4.79 Å². The lowest BCUT2D eigenvalue weighted by atomic mass is 9.94. The lowest BCUT2D eigenvalue weighted by molar-refractivity contribution is -0.132. The molecule has 1 aromatic rings. The van der Waals surface area contributed by atoms with Crippen LogP contribution in [-0.4, -0.2) is 31.3 Å². The van der Waals surface area contributed by atoms with Crippen molar-refractivity contribution in [1.82, 2.24) is 5.32 Å². The minimum Gasteiger partial charge on any atom is -0.497 e. The summed E-state index contributed by atoms with van der Waals surface area (Å²) in [6.45, 7) is 1.24. The Morgan fingerprint density at radius 3 is 2.65 bits per heavy atom. The first-order chi connectivity index (χ1) is 8.22. The van der Waals surface area contributed by atoms with Gasteiger partial charge in [0, 0.05) is 6.54 Å². The molecule has 0 unspecified atom stereocenters. The summed E-state index contributed by atoms with van der Waals surface area (Å²) in [5.41, 5.74) is 2.34. The molecule has 0 bridgehead atoms. The van der Waals surface area contributed by atoms with Crippen LogP contribution in [0.5, 0.6) is 5.75 Å². The van der Waals surface area contributed by atoms with Crippen LogP contribution in [0.2, 0.25) is 0 Å². The van der Waals surface area contributed by atoms with Crippen molar-refractivity contribution >= 4 is 11.5 Å². The van der Waals surface area contributed by atoms with Gasteiger partial charge < -0.3 is 15.2 Å². The zero-order chi connectivity index (χ0) is 12.3. The van der Waals surface area contributed by atoms with Crippen molar-refractivity contribution in [3.8, 4) is 5.75 Å². The fourth-order valence-electron chi connectivity index (χ4n) is 2.00. The maximum Gasteiger partial charge on any atom is 0.333 e. The lowest BCUT2D eigenvalue weighted by Crippen LogP contribution is -2.28. The van der Waals surface area contributed by atoms with Crippen molar-refractivity contribution < 1.29 is 14.6 Å². The van der Waals surface area contributed by atoms with E-state index in [4.69, 9.17) is 9.84 Å². The van der Waals surface area contributed by atoms with Gasteiger partial charge in [-0.15, -0.1) is 0 Å². The zero-order valence-electron chi connectivity index (χ0n) is 9.69. The van der Waals surface area contributed by atoms with Crippen LogP contribution in [0.25, 0.3) is 5.57 Å². The Morgan fingerprint density at radius 2 is 2.06 bits per heavy atom.